The quantitative estimate of drug-likeness (QED) is 0.723. The Hall–Kier alpha value is -0.520. The first-order valence-electron chi connectivity index (χ1n) is 6.71. The van der Waals surface area contributed by atoms with Crippen molar-refractivity contribution in [2.24, 2.45) is 0 Å². The van der Waals surface area contributed by atoms with Gasteiger partial charge in [0.15, 0.2) is 0 Å². The van der Waals surface area contributed by atoms with Crippen molar-refractivity contribution in [3.8, 4) is 5.75 Å². The van der Waals surface area contributed by atoms with Gasteiger partial charge in [-0.2, -0.15) is 0 Å². The minimum atomic E-state index is 0.477. The number of ether oxygens (including phenoxy) is 3. The number of hydrogen-bond donors (Lipinski definition) is 0. The normalized spacial score (nSPS) is 16.3. The summed E-state index contributed by atoms with van der Waals surface area (Å²) in [6.07, 6.45) is 0. The van der Waals surface area contributed by atoms with Crippen LogP contribution < -0.4 is 4.74 Å². The Morgan fingerprint density at radius 3 is 2.65 bits per heavy atom. The van der Waals surface area contributed by atoms with Crippen LogP contribution in [0.2, 0.25) is 10.0 Å². The van der Waals surface area contributed by atoms with Gasteiger partial charge in [-0.1, -0.05) is 23.2 Å². The number of hydrogen-bond acceptors (Lipinski definition) is 4. The Morgan fingerprint density at radius 2 is 1.90 bits per heavy atom. The molecule has 1 aromatic rings. The standard InChI is InChI=1S/C14H19Cl2NO3/c15-12-1-2-14(13(16)11-12)20-10-9-19-8-5-17-3-6-18-7-4-17/h1-2,11H,3-10H2. The maximum absolute atomic E-state index is 6.00. The van der Waals surface area contributed by atoms with Crippen LogP contribution in [0, 0.1) is 0 Å². The maximum Gasteiger partial charge on any atom is 0.138 e. The van der Waals surface area contributed by atoms with E-state index in [0.717, 1.165) is 32.8 Å². The van der Waals surface area contributed by atoms with E-state index in [0.29, 0.717) is 35.6 Å². The fourth-order valence-electron chi connectivity index (χ4n) is 1.92. The molecule has 1 aliphatic heterocycles. The van der Waals surface area contributed by atoms with Crippen LogP contribution in [-0.2, 0) is 9.47 Å². The van der Waals surface area contributed by atoms with E-state index in [4.69, 9.17) is 37.4 Å². The van der Waals surface area contributed by atoms with Crippen LogP contribution >= 0.6 is 23.2 Å². The molecule has 1 fully saturated rings. The van der Waals surface area contributed by atoms with E-state index in [9.17, 15) is 0 Å². The lowest BCUT2D eigenvalue weighted by atomic mass is 10.3. The molecular weight excluding hydrogens is 301 g/mol. The van der Waals surface area contributed by atoms with Gasteiger partial charge in [-0.05, 0) is 18.2 Å². The fourth-order valence-corrected chi connectivity index (χ4v) is 2.39. The molecular formula is C14H19Cl2NO3. The molecule has 0 radical (unpaired) electrons. The van der Waals surface area contributed by atoms with Gasteiger partial charge in [0.1, 0.15) is 12.4 Å². The van der Waals surface area contributed by atoms with Crippen molar-refractivity contribution in [2.75, 3.05) is 52.7 Å². The second kappa shape index (κ2) is 8.70. The molecule has 0 N–H and O–H groups in total. The van der Waals surface area contributed by atoms with Gasteiger partial charge >= 0.3 is 0 Å². The summed E-state index contributed by atoms with van der Waals surface area (Å²) in [5.41, 5.74) is 0. The topological polar surface area (TPSA) is 30.9 Å². The summed E-state index contributed by atoms with van der Waals surface area (Å²) in [5, 5.41) is 1.12. The molecule has 112 valence electrons. The number of halogens is 2. The van der Waals surface area contributed by atoms with Gasteiger partial charge in [-0.15, -0.1) is 0 Å². The summed E-state index contributed by atoms with van der Waals surface area (Å²) in [4.78, 5) is 2.33. The highest BCUT2D eigenvalue weighted by Gasteiger charge is 2.09. The van der Waals surface area contributed by atoms with E-state index in [1.54, 1.807) is 18.2 Å². The predicted octanol–water partition coefficient (Wildman–Crippen LogP) is 2.72. The van der Waals surface area contributed by atoms with Gasteiger partial charge in [0.25, 0.3) is 0 Å². The summed E-state index contributed by atoms with van der Waals surface area (Å²) < 4.78 is 16.4. The van der Waals surface area contributed by atoms with Crippen molar-refractivity contribution in [3.63, 3.8) is 0 Å². The number of rotatable bonds is 7. The summed E-state index contributed by atoms with van der Waals surface area (Å²) in [6.45, 7) is 6.27. The smallest absolute Gasteiger partial charge is 0.138 e. The molecule has 0 aliphatic carbocycles. The summed E-state index contributed by atoms with van der Waals surface area (Å²) >= 11 is 11.8. The lowest BCUT2D eigenvalue weighted by Crippen LogP contribution is -2.38. The minimum Gasteiger partial charge on any atom is -0.490 e. The molecule has 0 bridgehead atoms. The molecule has 0 unspecified atom stereocenters. The molecule has 4 nitrogen and oxygen atoms in total. The van der Waals surface area contributed by atoms with Crippen molar-refractivity contribution >= 4 is 23.2 Å². The van der Waals surface area contributed by atoms with E-state index in [2.05, 4.69) is 4.90 Å². The van der Waals surface area contributed by atoms with Crippen LogP contribution in [0.15, 0.2) is 18.2 Å². The summed E-state index contributed by atoms with van der Waals surface area (Å²) in [6, 6.07) is 5.18. The van der Waals surface area contributed by atoms with Crippen LogP contribution in [0.4, 0.5) is 0 Å². The van der Waals surface area contributed by atoms with E-state index in [1.165, 1.54) is 0 Å². The van der Waals surface area contributed by atoms with Gasteiger partial charge < -0.3 is 14.2 Å². The van der Waals surface area contributed by atoms with Gasteiger partial charge in [-0.3, -0.25) is 4.90 Å². The second-order valence-electron chi connectivity index (χ2n) is 4.49. The Labute approximate surface area is 129 Å². The van der Waals surface area contributed by atoms with Crippen LogP contribution in [0.3, 0.4) is 0 Å². The monoisotopic (exact) mass is 319 g/mol. The molecule has 1 aromatic carbocycles. The first-order valence-corrected chi connectivity index (χ1v) is 7.47. The second-order valence-corrected chi connectivity index (χ2v) is 5.33. The third-order valence-corrected chi connectivity index (χ3v) is 3.57. The molecule has 20 heavy (non-hydrogen) atoms. The Morgan fingerprint density at radius 1 is 1.10 bits per heavy atom. The van der Waals surface area contributed by atoms with Gasteiger partial charge in [0.2, 0.25) is 0 Å². The number of morpholine rings is 1. The molecule has 0 amide bonds. The van der Waals surface area contributed by atoms with Crippen LogP contribution in [0.25, 0.3) is 0 Å². The van der Waals surface area contributed by atoms with Crippen LogP contribution in [0.1, 0.15) is 0 Å². The first-order chi connectivity index (χ1) is 9.75. The maximum atomic E-state index is 6.00. The third-order valence-electron chi connectivity index (χ3n) is 3.03. The predicted molar refractivity (Wildman–Crippen MR) is 80.0 cm³/mol. The highest BCUT2D eigenvalue weighted by atomic mass is 35.5. The Balaban J connectivity index is 1.55. The van der Waals surface area contributed by atoms with Gasteiger partial charge in [0.05, 0.1) is 31.5 Å². The van der Waals surface area contributed by atoms with Crippen LogP contribution in [0.5, 0.6) is 5.75 Å². The average molecular weight is 320 g/mol. The number of benzene rings is 1. The SMILES string of the molecule is Clc1ccc(OCCOCCN2CCOCC2)c(Cl)c1. The molecule has 1 heterocycles. The molecule has 1 aliphatic rings. The van der Waals surface area contributed by atoms with E-state index in [-0.39, 0.29) is 0 Å². The Bertz CT molecular complexity index is 411. The zero-order valence-electron chi connectivity index (χ0n) is 11.3. The molecule has 0 saturated carbocycles. The van der Waals surface area contributed by atoms with Gasteiger partial charge in [0, 0.05) is 24.7 Å². The van der Waals surface area contributed by atoms with Gasteiger partial charge in [-0.25, -0.2) is 0 Å². The molecule has 2 rings (SSSR count). The third kappa shape index (κ3) is 5.46. The zero-order chi connectivity index (χ0) is 14.2. The van der Waals surface area contributed by atoms with Crippen molar-refractivity contribution in [1.29, 1.82) is 0 Å². The summed E-state index contributed by atoms with van der Waals surface area (Å²) in [5.74, 6) is 0.632. The Kier molecular flexibility index (Phi) is 6.90. The number of nitrogens with zero attached hydrogens (tertiary/aromatic N) is 1. The first kappa shape index (κ1) is 15.9. The van der Waals surface area contributed by atoms with E-state index >= 15 is 0 Å². The minimum absolute atomic E-state index is 0.477. The summed E-state index contributed by atoms with van der Waals surface area (Å²) in [7, 11) is 0. The van der Waals surface area contributed by atoms with Crippen LogP contribution in [-0.4, -0.2) is 57.6 Å². The molecule has 0 spiro atoms. The molecule has 1 saturated heterocycles. The van der Waals surface area contributed by atoms with Crippen molar-refractivity contribution in [2.45, 2.75) is 0 Å². The lowest BCUT2D eigenvalue weighted by molar-refractivity contribution is 0.0170. The largest absolute Gasteiger partial charge is 0.490 e. The van der Waals surface area contributed by atoms with Crippen molar-refractivity contribution in [3.05, 3.63) is 28.2 Å². The zero-order valence-corrected chi connectivity index (χ0v) is 12.8. The molecule has 0 atom stereocenters. The van der Waals surface area contributed by atoms with Crippen molar-refractivity contribution in [1.82, 2.24) is 4.90 Å². The molecule has 6 heteroatoms. The molecule has 0 aromatic heterocycles. The van der Waals surface area contributed by atoms with E-state index in [1.807, 2.05) is 0 Å². The highest BCUT2D eigenvalue weighted by molar-refractivity contribution is 6.35. The average Bonchev–Trinajstić information content (AvgIpc) is 2.46. The highest BCUT2D eigenvalue weighted by Crippen LogP contribution is 2.27. The van der Waals surface area contributed by atoms with Crippen molar-refractivity contribution < 1.29 is 14.2 Å². The lowest BCUT2D eigenvalue weighted by Gasteiger charge is -2.26. The fraction of sp³-hybridized carbons (Fsp3) is 0.571. The van der Waals surface area contributed by atoms with E-state index < -0.39 is 0 Å².